The Morgan fingerprint density at radius 3 is 2.50 bits per heavy atom. The number of nitrogens with zero attached hydrogens (tertiary/aromatic N) is 3. The van der Waals surface area contributed by atoms with E-state index in [1.807, 2.05) is 6.92 Å². The van der Waals surface area contributed by atoms with Crippen molar-refractivity contribution < 1.29 is 22.5 Å². The first-order valence-electron chi connectivity index (χ1n) is 10.4. The molecule has 8 nitrogen and oxygen atoms in total. The van der Waals surface area contributed by atoms with E-state index in [2.05, 4.69) is 0 Å². The second-order valence-electron chi connectivity index (χ2n) is 7.87. The number of hydrogen-bond acceptors (Lipinski definition) is 5. The highest BCUT2D eigenvalue weighted by atomic mass is 32.2. The minimum absolute atomic E-state index is 0.0830. The van der Waals surface area contributed by atoms with Crippen molar-refractivity contribution in [3.05, 3.63) is 69.5 Å². The first-order chi connectivity index (χ1) is 15.1. The predicted molar refractivity (Wildman–Crippen MR) is 117 cm³/mol. The number of piperidine rings is 1. The fourth-order valence-electron chi connectivity index (χ4n) is 3.92. The molecule has 172 valence electrons. The van der Waals surface area contributed by atoms with E-state index in [1.54, 1.807) is 24.0 Å². The Labute approximate surface area is 186 Å². The number of hydrogen-bond donors (Lipinski definition) is 0. The molecule has 2 aromatic rings. The molecule has 32 heavy (non-hydrogen) atoms. The van der Waals surface area contributed by atoms with E-state index in [0.717, 1.165) is 6.07 Å². The molecule has 0 atom stereocenters. The van der Waals surface area contributed by atoms with E-state index in [-0.39, 0.29) is 41.3 Å². The van der Waals surface area contributed by atoms with Gasteiger partial charge in [-0.05, 0) is 49.9 Å². The van der Waals surface area contributed by atoms with Gasteiger partial charge in [-0.15, -0.1) is 0 Å². The van der Waals surface area contributed by atoms with Gasteiger partial charge in [0.1, 0.15) is 5.82 Å². The fraction of sp³-hybridized carbons (Fsp3) is 0.409. The van der Waals surface area contributed by atoms with Gasteiger partial charge >= 0.3 is 0 Å². The van der Waals surface area contributed by atoms with Crippen molar-refractivity contribution >= 4 is 21.6 Å². The van der Waals surface area contributed by atoms with Gasteiger partial charge in [0.25, 0.3) is 5.69 Å². The minimum atomic E-state index is -3.91. The Bertz CT molecular complexity index is 1110. The average Bonchev–Trinajstić information content (AvgIpc) is 2.77. The van der Waals surface area contributed by atoms with Gasteiger partial charge in [0.05, 0.1) is 9.82 Å². The zero-order valence-electron chi connectivity index (χ0n) is 18.0. The van der Waals surface area contributed by atoms with Gasteiger partial charge in [-0.1, -0.05) is 18.2 Å². The summed E-state index contributed by atoms with van der Waals surface area (Å²) in [6.07, 6.45) is 0.706. The molecular weight excluding hydrogens is 437 g/mol. The third kappa shape index (κ3) is 5.13. The summed E-state index contributed by atoms with van der Waals surface area (Å²) >= 11 is 0. The molecule has 1 aliphatic rings. The molecule has 0 bridgehead atoms. The monoisotopic (exact) mass is 463 g/mol. The number of sulfonamides is 1. The third-order valence-corrected chi connectivity index (χ3v) is 7.80. The number of non-ortho nitro benzene ring substituents is 1. The molecule has 1 saturated heterocycles. The van der Waals surface area contributed by atoms with E-state index in [1.165, 1.54) is 28.6 Å². The van der Waals surface area contributed by atoms with Crippen LogP contribution in [0, 0.1) is 28.8 Å². The van der Waals surface area contributed by atoms with Crippen LogP contribution in [0.4, 0.5) is 10.1 Å². The first kappa shape index (κ1) is 23.8. The summed E-state index contributed by atoms with van der Waals surface area (Å²) in [6.45, 7) is 4.50. The van der Waals surface area contributed by atoms with Crippen molar-refractivity contribution in [1.82, 2.24) is 9.21 Å². The summed E-state index contributed by atoms with van der Waals surface area (Å²) in [7, 11) is -3.91. The highest BCUT2D eigenvalue weighted by Gasteiger charge is 2.34. The lowest BCUT2D eigenvalue weighted by atomic mass is 9.96. The Balaban J connectivity index is 1.69. The third-order valence-electron chi connectivity index (χ3n) is 5.76. The largest absolute Gasteiger partial charge is 0.338 e. The fourth-order valence-corrected chi connectivity index (χ4v) is 5.64. The highest BCUT2D eigenvalue weighted by Crippen LogP contribution is 2.29. The smallest absolute Gasteiger partial charge is 0.270 e. The second kappa shape index (κ2) is 9.74. The van der Waals surface area contributed by atoms with Crippen molar-refractivity contribution in [2.45, 2.75) is 38.1 Å². The number of carbonyl (C=O) groups excluding carboxylic acids is 1. The SMILES string of the molecule is CCN(Cc1cccc(F)c1)C(=O)C1CCN(S(=O)(=O)c2cc([N+](=O)[O-])ccc2C)CC1. The molecule has 10 heteroatoms. The molecule has 2 aromatic carbocycles. The molecule has 1 amide bonds. The molecule has 0 N–H and O–H groups in total. The van der Waals surface area contributed by atoms with Gasteiger partial charge in [0.15, 0.2) is 0 Å². The number of benzene rings is 2. The molecule has 1 aliphatic heterocycles. The van der Waals surface area contributed by atoms with Crippen LogP contribution >= 0.6 is 0 Å². The second-order valence-corrected chi connectivity index (χ2v) is 9.77. The van der Waals surface area contributed by atoms with Crippen LogP contribution in [-0.4, -0.2) is 48.1 Å². The number of nitro benzene ring substituents is 1. The lowest BCUT2D eigenvalue weighted by molar-refractivity contribution is -0.385. The van der Waals surface area contributed by atoms with E-state index in [4.69, 9.17) is 0 Å². The number of aryl methyl sites for hydroxylation is 1. The summed E-state index contributed by atoms with van der Waals surface area (Å²) in [4.78, 5) is 25.0. The predicted octanol–water partition coefficient (Wildman–Crippen LogP) is 3.49. The molecule has 0 aromatic heterocycles. The summed E-state index contributed by atoms with van der Waals surface area (Å²) in [5, 5.41) is 11.1. The van der Waals surface area contributed by atoms with E-state index < -0.39 is 14.9 Å². The van der Waals surface area contributed by atoms with Crippen LogP contribution in [0.2, 0.25) is 0 Å². The quantitative estimate of drug-likeness (QED) is 0.462. The number of amides is 1. The van der Waals surface area contributed by atoms with Gasteiger partial charge < -0.3 is 4.90 Å². The Hall–Kier alpha value is -2.85. The van der Waals surface area contributed by atoms with E-state index >= 15 is 0 Å². The summed E-state index contributed by atoms with van der Waals surface area (Å²) in [5.41, 5.74) is 0.845. The lowest BCUT2D eigenvalue weighted by Gasteiger charge is -2.33. The number of halogens is 1. The minimum Gasteiger partial charge on any atom is -0.338 e. The number of rotatable bonds is 7. The maximum absolute atomic E-state index is 13.5. The van der Waals surface area contributed by atoms with Gasteiger partial charge in [-0.3, -0.25) is 14.9 Å². The Kier molecular flexibility index (Phi) is 7.25. The van der Waals surface area contributed by atoms with Crippen LogP contribution in [0.3, 0.4) is 0 Å². The summed E-state index contributed by atoms with van der Waals surface area (Å²) in [5.74, 6) is -0.775. The molecular formula is C22H26FN3O5S. The van der Waals surface area contributed by atoms with Gasteiger partial charge in [0.2, 0.25) is 15.9 Å². The van der Waals surface area contributed by atoms with Crippen LogP contribution in [0.1, 0.15) is 30.9 Å². The van der Waals surface area contributed by atoms with Crippen molar-refractivity contribution in [3.63, 3.8) is 0 Å². The van der Waals surface area contributed by atoms with Crippen molar-refractivity contribution in [1.29, 1.82) is 0 Å². The molecule has 0 saturated carbocycles. The maximum Gasteiger partial charge on any atom is 0.270 e. The van der Waals surface area contributed by atoms with Crippen LogP contribution in [0.25, 0.3) is 0 Å². The van der Waals surface area contributed by atoms with E-state index in [0.29, 0.717) is 37.1 Å². The van der Waals surface area contributed by atoms with Crippen molar-refractivity contribution in [3.8, 4) is 0 Å². The molecule has 3 rings (SSSR count). The summed E-state index contributed by atoms with van der Waals surface area (Å²) < 4.78 is 40.9. The van der Waals surface area contributed by atoms with Crippen molar-refractivity contribution in [2.24, 2.45) is 5.92 Å². The number of nitro groups is 1. The zero-order valence-corrected chi connectivity index (χ0v) is 18.8. The van der Waals surface area contributed by atoms with Crippen LogP contribution in [0.15, 0.2) is 47.4 Å². The average molecular weight is 464 g/mol. The Morgan fingerprint density at radius 1 is 1.22 bits per heavy atom. The van der Waals surface area contributed by atoms with Gasteiger partial charge in [-0.2, -0.15) is 4.31 Å². The summed E-state index contributed by atoms with van der Waals surface area (Å²) in [6, 6.07) is 9.88. The molecule has 1 heterocycles. The lowest BCUT2D eigenvalue weighted by Crippen LogP contribution is -2.44. The molecule has 0 spiro atoms. The molecule has 0 aliphatic carbocycles. The van der Waals surface area contributed by atoms with Gasteiger partial charge in [-0.25, -0.2) is 12.8 Å². The normalized spacial score (nSPS) is 15.5. The first-order valence-corrected chi connectivity index (χ1v) is 11.9. The molecule has 0 radical (unpaired) electrons. The van der Waals surface area contributed by atoms with Crippen LogP contribution in [0.5, 0.6) is 0 Å². The Morgan fingerprint density at radius 2 is 1.91 bits per heavy atom. The van der Waals surface area contributed by atoms with Gasteiger partial charge in [0, 0.05) is 44.2 Å². The highest BCUT2D eigenvalue weighted by molar-refractivity contribution is 7.89. The maximum atomic E-state index is 13.5. The van der Waals surface area contributed by atoms with Crippen molar-refractivity contribution in [2.75, 3.05) is 19.6 Å². The molecule has 1 fully saturated rings. The van der Waals surface area contributed by atoms with Crippen LogP contribution < -0.4 is 0 Å². The topological polar surface area (TPSA) is 101 Å². The van der Waals surface area contributed by atoms with Crippen LogP contribution in [-0.2, 0) is 21.4 Å². The standard InChI is InChI=1S/C22H26FN3O5S/c1-3-24(15-17-5-4-6-19(23)13-17)22(27)18-9-11-25(12-10-18)32(30,31)21-14-20(26(28)29)8-7-16(21)2/h4-8,13-14,18H,3,9-12,15H2,1-2H3. The van der Waals surface area contributed by atoms with E-state index in [9.17, 15) is 27.7 Å². The zero-order chi connectivity index (χ0) is 23.5. The number of carbonyl (C=O) groups is 1. The molecule has 0 unspecified atom stereocenters.